The minimum absolute atomic E-state index is 0. The van der Waals surface area contributed by atoms with Gasteiger partial charge in [0.15, 0.2) is 5.58 Å². The predicted octanol–water partition coefficient (Wildman–Crippen LogP) is 3.72. The molecule has 5 nitrogen and oxygen atoms in total. The van der Waals surface area contributed by atoms with E-state index in [1.165, 1.54) is 0 Å². The van der Waals surface area contributed by atoms with Gasteiger partial charge in [0.25, 0.3) is 0 Å². The molecule has 3 rings (SSSR count). The lowest BCUT2D eigenvalue weighted by atomic mass is 10.2. The Morgan fingerprint density at radius 1 is 1.17 bits per heavy atom. The maximum atomic E-state index is 11.6. The number of fused-ring (bicyclic) bond motifs is 1. The van der Waals surface area contributed by atoms with Gasteiger partial charge in [0.05, 0.1) is 0 Å². The number of amides is 1. The molecule has 5 heteroatoms. The average Bonchev–Trinajstić information content (AvgIpc) is 2.91. The molecule has 0 radical (unpaired) electrons. The van der Waals surface area contributed by atoms with Crippen LogP contribution in [0.2, 0.25) is 0 Å². The van der Waals surface area contributed by atoms with Crippen LogP contribution in [0.4, 0.5) is 5.69 Å². The van der Waals surface area contributed by atoms with Crippen LogP contribution in [0.5, 0.6) is 0 Å². The van der Waals surface area contributed by atoms with Crippen molar-refractivity contribution in [1.82, 2.24) is 4.98 Å². The monoisotopic (exact) mass is 312 g/mol. The Balaban J connectivity index is 0.00000192. The first-order valence-electron chi connectivity index (χ1n) is 7.43. The van der Waals surface area contributed by atoms with Crippen molar-refractivity contribution in [1.29, 1.82) is 0 Å². The smallest absolute Gasteiger partial charge is 0.227 e. The molecule has 0 aliphatic rings. The summed E-state index contributed by atoms with van der Waals surface area (Å²) in [5.74, 6) is 0.625. The number of rotatable bonds is 4. The molecule has 1 amide bonds. The van der Waals surface area contributed by atoms with E-state index in [-0.39, 0.29) is 11.4 Å². The Morgan fingerprint density at radius 3 is 2.61 bits per heavy atom. The topological polar surface area (TPSA) is 86.6 Å². The number of aromatic nitrogens is 1. The summed E-state index contributed by atoms with van der Waals surface area (Å²) in [6.07, 6.45) is 1.37. The fourth-order valence-electron chi connectivity index (χ4n) is 2.30. The minimum Gasteiger partial charge on any atom is -0.436 e. The molecule has 3 N–H and O–H groups in total. The Hall–Kier alpha value is -2.66. The van der Waals surface area contributed by atoms with Crippen LogP contribution < -0.4 is 5.32 Å². The molecule has 1 aromatic heterocycles. The van der Waals surface area contributed by atoms with E-state index in [0.717, 1.165) is 34.3 Å². The highest BCUT2D eigenvalue weighted by molar-refractivity contribution is 5.90. The van der Waals surface area contributed by atoms with Crippen LogP contribution in [-0.2, 0) is 4.79 Å². The number of carbonyl (C=O) groups excluding carboxylic acids is 1. The van der Waals surface area contributed by atoms with Crippen LogP contribution >= 0.6 is 0 Å². The molecule has 23 heavy (non-hydrogen) atoms. The van der Waals surface area contributed by atoms with Gasteiger partial charge in [0.2, 0.25) is 11.8 Å². The Morgan fingerprint density at radius 2 is 1.91 bits per heavy atom. The van der Waals surface area contributed by atoms with Crippen molar-refractivity contribution in [2.24, 2.45) is 0 Å². The molecule has 0 saturated carbocycles. The molecule has 1 heterocycles. The lowest BCUT2D eigenvalue weighted by Gasteiger charge is -2.04. The van der Waals surface area contributed by atoms with E-state index < -0.39 is 0 Å². The normalized spacial score (nSPS) is 10.3. The summed E-state index contributed by atoms with van der Waals surface area (Å²) in [5, 5.41) is 2.87. The third-order valence-corrected chi connectivity index (χ3v) is 3.44. The van der Waals surface area contributed by atoms with E-state index in [1.807, 2.05) is 56.3 Å². The summed E-state index contributed by atoms with van der Waals surface area (Å²) in [4.78, 5) is 16.1. The summed E-state index contributed by atoms with van der Waals surface area (Å²) in [6, 6.07) is 13.5. The van der Waals surface area contributed by atoms with E-state index in [2.05, 4.69) is 10.3 Å². The van der Waals surface area contributed by atoms with Gasteiger partial charge in [-0.3, -0.25) is 4.79 Å². The van der Waals surface area contributed by atoms with Crippen molar-refractivity contribution in [3.05, 3.63) is 48.0 Å². The third-order valence-electron chi connectivity index (χ3n) is 3.44. The van der Waals surface area contributed by atoms with Crippen LogP contribution in [0.15, 0.2) is 46.9 Å². The zero-order chi connectivity index (χ0) is 15.5. The summed E-state index contributed by atoms with van der Waals surface area (Å²) >= 11 is 0. The standard InChI is InChI=1S/C18H18N2O2.H2O/c1-3-4-17(21)19-14-8-6-13(7-9-14)18-20-15-10-5-12(2)11-16(15)22-18;/h5-11H,3-4H2,1-2H3,(H,19,21);1H2. The van der Waals surface area contributed by atoms with Gasteiger partial charge < -0.3 is 15.2 Å². The lowest BCUT2D eigenvalue weighted by Crippen LogP contribution is -2.10. The van der Waals surface area contributed by atoms with Crippen LogP contribution in [0.3, 0.4) is 0 Å². The van der Waals surface area contributed by atoms with Crippen molar-refractivity contribution < 1.29 is 14.7 Å². The second-order valence-corrected chi connectivity index (χ2v) is 5.37. The van der Waals surface area contributed by atoms with E-state index in [9.17, 15) is 4.79 Å². The van der Waals surface area contributed by atoms with E-state index in [0.29, 0.717) is 12.3 Å². The average molecular weight is 312 g/mol. The SMILES string of the molecule is CCCC(=O)Nc1ccc(-c2nc3ccc(C)cc3o2)cc1.O. The summed E-state index contributed by atoms with van der Waals surface area (Å²) < 4.78 is 5.80. The maximum absolute atomic E-state index is 11.6. The summed E-state index contributed by atoms with van der Waals surface area (Å²) in [7, 11) is 0. The van der Waals surface area contributed by atoms with Crippen molar-refractivity contribution in [2.75, 3.05) is 5.32 Å². The van der Waals surface area contributed by atoms with E-state index >= 15 is 0 Å². The molecule has 0 bridgehead atoms. The molecule has 0 aliphatic carbocycles. The number of carbonyl (C=O) groups is 1. The highest BCUT2D eigenvalue weighted by atomic mass is 16.3. The zero-order valence-corrected chi connectivity index (χ0v) is 13.2. The molecule has 3 aromatic rings. The quantitative estimate of drug-likeness (QED) is 0.796. The molecule has 120 valence electrons. The molecule has 0 unspecified atom stereocenters. The molecule has 0 spiro atoms. The number of nitrogens with one attached hydrogen (secondary N) is 1. The second kappa shape index (κ2) is 7.07. The maximum Gasteiger partial charge on any atom is 0.227 e. The van der Waals surface area contributed by atoms with Gasteiger partial charge in [-0.15, -0.1) is 0 Å². The number of hydrogen-bond donors (Lipinski definition) is 1. The minimum atomic E-state index is 0. The molecular weight excluding hydrogens is 292 g/mol. The van der Waals surface area contributed by atoms with Gasteiger partial charge in [-0.1, -0.05) is 13.0 Å². The van der Waals surface area contributed by atoms with E-state index in [4.69, 9.17) is 4.42 Å². The molecular formula is C18H20N2O3. The van der Waals surface area contributed by atoms with Crippen molar-refractivity contribution >= 4 is 22.7 Å². The fraction of sp³-hybridized carbons (Fsp3) is 0.222. The van der Waals surface area contributed by atoms with Crippen molar-refractivity contribution in [3.8, 4) is 11.5 Å². The van der Waals surface area contributed by atoms with Gasteiger partial charge in [-0.2, -0.15) is 0 Å². The molecule has 0 fully saturated rings. The van der Waals surface area contributed by atoms with Crippen LogP contribution in [0.25, 0.3) is 22.6 Å². The lowest BCUT2D eigenvalue weighted by molar-refractivity contribution is -0.116. The van der Waals surface area contributed by atoms with E-state index in [1.54, 1.807) is 0 Å². The highest BCUT2D eigenvalue weighted by Crippen LogP contribution is 2.26. The summed E-state index contributed by atoms with van der Waals surface area (Å²) in [6.45, 7) is 4.01. The van der Waals surface area contributed by atoms with Gasteiger partial charge in [0.1, 0.15) is 5.52 Å². The highest BCUT2D eigenvalue weighted by Gasteiger charge is 2.08. The van der Waals surface area contributed by atoms with Crippen molar-refractivity contribution in [3.63, 3.8) is 0 Å². The number of hydrogen-bond acceptors (Lipinski definition) is 3. The first-order chi connectivity index (χ1) is 10.7. The third kappa shape index (κ3) is 3.76. The predicted molar refractivity (Wildman–Crippen MR) is 91.3 cm³/mol. The second-order valence-electron chi connectivity index (χ2n) is 5.37. The number of benzene rings is 2. The molecule has 2 aromatic carbocycles. The van der Waals surface area contributed by atoms with Crippen LogP contribution in [0, 0.1) is 6.92 Å². The first-order valence-corrected chi connectivity index (χ1v) is 7.43. The molecule has 0 atom stereocenters. The van der Waals surface area contributed by atoms with Gasteiger partial charge in [-0.05, 0) is 55.3 Å². The Labute approximate surface area is 134 Å². The van der Waals surface area contributed by atoms with Gasteiger partial charge in [-0.25, -0.2) is 4.98 Å². The molecule has 0 saturated heterocycles. The molecule has 0 aliphatic heterocycles. The Kier molecular flexibility index (Phi) is 5.13. The first kappa shape index (κ1) is 16.7. The number of anilines is 1. The number of aryl methyl sites for hydroxylation is 1. The van der Waals surface area contributed by atoms with Crippen LogP contribution in [-0.4, -0.2) is 16.4 Å². The van der Waals surface area contributed by atoms with Crippen molar-refractivity contribution in [2.45, 2.75) is 26.7 Å². The fourth-order valence-corrected chi connectivity index (χ4v) is 2.30. The van der Waals surface area contributed by atoms with Crippen LogP contribution in [0.1, 0.15) is 25.3 Å². The largest absolute Gasteiger partial charge is 0.436 e. The zero-order valence-electron chi connectivity index (χ0n) is 13.2. The summed E-state index contributed by atoms with van der Waals surface area (Å²) in [5.41, 5.74) is 4.46. The number of nitrogens with zero attached hydrogens (tertiary/aromatic N) is 1. The Bertz CT molecular complexity index is 807. The van der Waals surface area contributed by atoms with Gasteiger partial charge >= 0.3 is 0 Å². The number of oxazole rings is 1. The van der Waals surface area contributed by atoms with Gasteiger partial charge in [0, 0.05) is 17.7 Å².